The molecule has 2 N–H and O–H groups in total. The number of hydrogen-bond donors (Lipinski definition) is 2. The van der Waals surface area contributed by atoms with Gasteiger partial charge in [0.15, 0.2) is 6.61 Å². The Balaban J connectivity index is 1.53. The first kappa shape index (κ1) is 24.3. The van der Waals surface area contributed by atoms with Gasteiger partial charge < -0.3 is 14.8 Å². The molecule has 0 aromatic heterocycles. The van der Waals surface area contributed by atoms with E-state index in [1.54, 1.807) is 37.3 Å². The van der Waals surface area contributed by atoms with E-state index < -0.39 is 10.0 Å². The first-order valence-electron chi connectivity index (χ1n) is 10.6. The monoisotopic (exact) mass is 468 g/mol. The number of anilines is 1. The van der Waals surface area contributed by atoms with E-state index in [-0.39, 0.29) is 23.3 Å². The van der Waals surface area contributed by atoms with Crippen molar-refractivity contribution in [3.8, 4) is 17.2 Å². The van der Waals surface area contributed by atoms with Gasteiger partial charge in [-0.05, 0) is 73.0 Å². The molecule has 0 atom stereocenters. The summed E-state index contributed by atoms with van der Waals surface area (Å²) in [7, 11) is -3.59. The number of sulfonamides is 1. The van der Waals surface area contributed by atoms with Gasteiger partial charge in [-0.15, -0.1) is 0 Å². The Hall–Kier alpha value is -3.36. The van der Waals surface area contributed by atoms with Crippen LogP contribution in [0.15, 0.2) is 77.7 Å². The van der Waals surface area contributed by atoms with Gasteiger partial charge in [-0.25, -0.2) is 13.1 Å². The summed E-state index contributed by atoms with van der Waals surface area (Å²) in [5, 5.41) is 2.76. The van der Waals surface area contributed by atoms with Gasteiger partial charge in [0.2, 0.25) is 10.0 Å². The van der Waals surface area contributed by atoms with Crippen molar-refractivity contribution < 1.29 is 22.7 Å². The van der Waals surface area contributed by atoms with Crippen LogP contribution in [0.4, 0.5) is 5.69 Å². The average molecular weight is 469 g/mol. The third-order valence-corrected chi connectivity index (χ3v) is 6.04. The van der Waals surface area contributed by atoms with Gasteiger partial charge in [0.05, 0.1) is 4.90 Å². The summed E-state index contributed by atoms with van der Waals surface area (Å²) in [5.41, 5.74) is 1.23. The first-order chi connectivity index (χ1) is 15.7. The second kappa shape index (κ2) is 11.0. The number of ether oxygens (including phenoxy) is 2. The molecule has 0 aliphatic rings. The second-order valence-corrected chi connectivity index (χ2v) is 9.72. The van der Waals surface area contributed by atoms with E-state index in [1.165, 1.54) is 12.1 Å². The Morgan fingerprint density at radius 3 is 2.24 bits per heavy atom. The Kier molecular flexibility index (Phi) is 8.08. The molecule has 0 saturated heterocycles. The molecule has 3 aromatic rings. The quantitative estimate of drug-likeness (QED) is 0.448. The largest absolute Gasteiger partial charge is 0.483 e. The molecule has 0 heterocycles. The summed E-state index contributed by atoms with van der Waals surface area (Å²) in [6, 6.07) is 21.0. The van der Waals surface area contributed by atoms with Crippen LogP contribution in [-0.4, -0.2) is 27.5 Å². The summed E-state index contributed by atoms with van der Waals surface area (Å²) in [6.07, 6.45) is 0. The highest BCUT2D eigenvalue weighted by molar-refractivity contribution is 7.89. The number of aryl methyl sites for hydroxylation is 1. The lowest BCUT2D eigenvalue weighted by molar-refractivity contribution is -0.118. The Morgan fingerprint density at radius 2 is 1.61 bits per heavy atom. The fourth-order valence-electron chi connectivity index (χ4n) is 2.88. The van der Waals surface area contributed by atoms with Crippen LogP contribution in [0, 0.1) is 12.8 Å². The van der Waals surface area contributed by atoms with Crippen molar-refractivity contribution in [1.29, 1.82) is 0 Å². The van der Waals surface area contributed by atoms with Gasteiger partial charge in [0.1, 0.15) is 17.2 Å². The Bertz CT molecular complexity index is 1180. The number of carbonyl (C=O) groups excluding carboxylic acids is 1. The molecule has 0 aliphatic heterocycles. The molecule has 174 valence electrons. The van der Waals surface area contributed by atoms with Crippen LogP contribution >= 0.6 is 0 Å². The van der Waals surface area contributed by atoms with E-state index in [4.69, 9.17) is 9.47 Å². The van der Waals surface area contributed by atoms with Crippen molar-refractivity contribution in [1.82, 2.24) is 4.72 Å². The molecule has 0 saturated carbocycles. The summed E-state index contributed by atoms with van der Waals surface area (Å²) in [6.45, 7) is 5.76. The molecule has 7 nitrogen and oxygen atoms in total. The van der Waals surface area contributed by atoms with E-state index in [9.17, 15) is 13.2 Å². The Morgan fingerprint density at radius 1 is 0.939 bits per heavy atom. The highest BCUT2D eigenvalue weighted by Gasteiger charge is 2.16. The minimum Gasteiger partial charge on any atom is -0.483 e. The number of amides is 1. The molecule has 0 unspecified atom stereocenters. The van der Waals surface area contributed by atoms with Gasteiger partial charge in [0, 0.05) is 12.2 Å². The van der Waals surface area contributed by atoms with Crippen molar-refractivity contribution >= 4 is 21.6 Å². The summed E-state index contributed by atoms with van der Waals surface area (Å²) >= 11 is 0. The zero-order chi connectivity index (χ0) is 23.8. The van der Waals surface area contributed by atoms with Crippen LogP contribution in [0.25, 0.3) is 0 Å². The predicted octanol–water partition coefficient (Wildman–Crippen LogP) is 4.74. The molecular weight excluding hydrogens is 440 g/mol. The van der Waals surface area contributed by atoms with Gasteiger partial charge in [0.25, 0.3) is 5.91 Å². The van der Waals surface area contributed by atoms with Crippen molar-refractivity contribution in [3.05, 3.63) is 78.4 Å². The number of carbonyl (C=O) groups is 1. The fraction of sp³-hybridized carbons (Fsp3) is 0.240. The molecule has 1 amide bonds. The SMILES string of the molecule is Cc1cc(S(=O)(=O)NCC(C)C)ccc1OCC(=O)Nc1ccc(Oc2ccccc2)cc1. The summed E-state index contributed by atoms with van der Waals surface area (Å²) in [4.78, 5) is 12.4. The zero-order valence-electron chi connectivity index (χ0n) is 18.9. The van der Waals surface area contributed by atoms with E-state index in [0.29, 0.717) is 29.3 Å². The Labute approximate surface area is 194 Å². The predicted molar refractivity (Wildman–Crippen MR) is 128 cm³/mol. The lowest BCUT2D eigenvalue weighted by atomic mass is 10.2. The van der Waals surface area contributed by atoms with E-state index in [1.807, 2.05) is 44.2 Å². The van der Waals surface area contributed by atoms with E-state index >= 15 is 0 Å². The van der Waals surface area contributed by atoms with Crippen LogP contribution in [0.5, 0.6) is 17.2 Å². The molecule has 8 heteroatoms. The maximum atomic E-state index is 12.4. The third-order valence-electron chi connectivity index (χ3n) is 4.61. The van der Waals surface area contributed by atoms with Crippen molar-refractivity contribution in [2.45, 2.75) is 25.7 Å². The van der Waals surface area contributed by atoms with Crippen LogP contribution in [0.1, 0.15) is 19.4 Å². The minimum absolute atomic E-state index is 0.162. The molecule has 0 radical (unpaired) electrons. The van der Waals surface area contributed by atoms with Gasteiger partial charge in [-0.3, -0.25) is 4.79 Å². The van der Waals surface area contributed by atoms with Crippen LogP contribution < -0.4 is 19.5 Å². The molecule has 0 aliphatic carbocycles. The maximum Gasteiger partial charge on any atom is 0.262 e. The van der Waals surface area contributed by atoms with E-state index in [0.717, 1.165) is 5.75 Å². The van der Waals surface area contributed by atoms with Gasteiger partial charge in [-0.1, -0.05) is 32.0 Å². The maximum absolute atomic E-state index is 12.4. The number of hydrogen-bond acceptors (Lipinski definition) is 5. The van der Waals surface area contributed by atoms with Crippen LogP contribution in [0.3, 0.4) is 0 Å². The minimum atomic E-state index is -3.59. The van der Waals surface area contributed by atoms with Crippen molar-refractivity contribution in [2.24, 2.45) is 5.92 Å². The lowest BCUT2D eigenvalue weighted by Gasteiger charge is -2.13. The highest BCUT2D eigenvalue weighted by Crippen LogP contribution is 2.24. The number of nitrogens with one attached hydrogen (secondary N) is 2. The topological polar surface area (TPSA) is 93.7 Å². The number of para-hydroxylation sites is 1. The molecular formula is C25H28N2O5S. The molecule has 33 heavy (non-hydrogen) atoms. The highest BCUT2D eigenvalue weighted by atomic mass is 32.2. The van der Waals surface area contributed by atoms with Gasteiger partial charge in [-0.2, -0.15) is 0 Å². The normalized spacial score (nSPS) is 11.3. The third kappa shape index (κ3) is 7.34. The standard InChI is InChI=1S/C25H28N2O5S/c1-18(2)16-26-33(29,30)23-13-14-24(19(3)15-23)31-17-25(28)27-20-9-11-22(12-10-20)32-21-7-5-4-6-8-21/h4-15,18,26H,16-17H2,1-3H3,(H,27,28). The van der Waals surface area contributed by atoms with Gasteiger partial charge >= 0.3 is 0 Å². The summed E-state index contributed by atoms with van der Waals surface area (Å²) in [5.74, 6) is 1.70. The van der Waals surface area contributed by atoms with Crippen LogP contribution in [-0.2, 0) is 14.8 Å². The molecule has 0 bridgehead atoms. The molecule has 3 rings (SSSR count). The van der Waals surface area contributed by atoms with Crippen molar-refractivity contribution in [3.63, 3.8) is 0 Å². The molecule has 0 fully saturated rings. The first-order valence-corrected chi connectivity index (χ1v) is 12.1. The second-order valence-electron chi connectivity index (χ2n) is 7.95. The van der Waals surface area contributed by atoms with E-state index in [2.05, 4.69) is 10.0 Å². The molecule has 0 spiro atoms. The summed E-state index contributed by atoms with van der Waals surface area (Å²) < 4.78 is 38.6. The lowest BCUT2D eigenvalue weighted by Crippen LogP contribution is -2.27. The average Bonchev–Trinajstić information content (AvgIpc) is 2.79. The number of rotatable bonds is 10. The zero-order valence-corrected chi connectivity index (χ0v) is 19.7. The van der Waals surface area contributed by atoms with Crippen LogP contribution in [0.2, 0.25) is 0 Å². The molecule has 3 aromatic carbocycles. The number of benzene rings is 3. The van der Waals surface area contributed by atoms with Crippen molar-refractivity contribution in [2.75, 3.05) is 18.5 Å². The fourth-order valence-corrected chi connectivity index (χ4v) is 4.18. The smallest absolute Gasteiger partial charge is 0.262 e.